The minimum atomic E-state index is 0.724. The number of benzene rings is 2. The second-order valence-electron chi connectivity index (χ2n) is 12.0. The number of ether oxygens (including phenoxy) is 4. The first-order chi connectivity index (χ1) is 21.6. The number of nitrogens with zero attached hydrogens (tertiary/aromatic N) is 2. The molecule has 234 valence electrons. The van der Waals surface area contributed by atoms with E-state index in [9.17, 15) is 0 Å². The summed E-state index contributed by atoms with van der Waals surface area (Å²) in [6.07, 6.45) is 13.7. The zero-order valence-electron chi connectivity index (χ0n) is 26.7. The van der Waals surface area contributed by atoms with Crippen molar-refractivity contribution in [3.63, 3.8) is 0 Å². The number of aromatic nitrogens is 2. The molecule has 8 nitrogen and oxygen atoms in total. The predicted octanol–water partition coefficient (Wildman–Crippen LogP) is 7.66. The SMILES string of the molecule is COc1cc2nc3c(c(NCCCCCCNc4c5c(nc6cc(OC)c(OC)cc46)CCCC5)c2cc1OC)CCCC3. The van der Waals surface area contributed by atoms with Gasteiger partial charge >= 0.3 is 0 Å². The van der Waals surface area contributed by atoms with E-state index in [0.717, 1.165) is 96.4 Å². The largest absolute Gasteiger partial charge is 0.493 e. The number of nitrogens with one attached hydrogen (secondary N) is 2. The zero-order chi connectivity index (χ0) is 30.5. The second kappa shape index (κ2) is 13.8. The molecular weight excluding hydrogens is 552 g/mol. The Morgan fingerprint density at radius 3 is 1.32 bits per heavy atom. The summed E-state index contributed by atoms with van der Waals surface area (Å²) in [6.45, 7) is 1.88. The van der Waals surface area contributed by atoms with Gasteiger partial charge in [-0.3, -0.25) is 9.97 Å². The maximum Gasteiger partial charge on any atom is 0.162 e. The van der Waals surface area contributed by atoms with E-state index < -0.39 is 0 Å². The van der Waals surface area contributed by atoms with Gasteiger partial charge in [0, 0.05) is 58.8 Å². The van der Waals surface area contributed by atoms with E-state index in [1.54, 1.807) is 28.4 Å². The van der Waals surface area contributed by atoms with E-state index in [0.29, 0.717) is 0 Å². The van der Waals surface area contributed by atoms with Crippen molar-refractivity contribution in [1.29, 1.82) is 0 Å². The molecule has 6 rings (SSSR count). The summed E-state index contributed by atoms with van der Waals surface area (Å²) in [7, 11) is 6.74. The number of aryl methyl sites for hydroxylation is 2. The molecule has 0 bridgehead atoms. The Kier molecular flexibility index (Phi) is 9.43. The molecule has 0 aliphatic heterocycles. The Balaban J connectivity index is 1.08. The average Bonchev–Trinajstić information content (AvgIpc) is 3.07. The van der Waals surface area contributed by atoms with Crippen LogP contribution < -0.4 is 29.6 Å². The van der Waals surface area contributed by atoms with Crippen LogP contribution in [0.2, 0.25) is 0 Å². The van der Waals surface area contributed by atoms with E-state index in [1.165, 1.54) is 72.4 Å². The molecule has 2 aromatic heterocycles. The van der Waals surface area contributed by atoms with Crippen LogP contribution >= 0.6 is 0 Å². The molecular formula is C36H46N4O4. The van der Waals surface area contributed by atoms with Gasteiger partial charge in [0.1, 0.15) is 0 Å². The summed E-state index contributed by atoms with van der Waals surface area (Å²) in [5, 5.41) is 9.87. The highest BCUT2D eigenvalue weighted by Crippen LogP contribution is 2.40. The van der Waals surface area contributed by atoms with Crippen LogP contribution in [0, 0.1) is 0 Å². The fourth-order valence-electron chi connectivity index (χ4n) is 6.94. The van der Waals surface area contributed by atoms with Gasteiger partial charge < -0.3 is 29.6 Å². The molecule has 0 saturated heterocycles. The second-order valence-corrected chi connectivity index (χ2v) is 12.0. The maximum atomic E-state index is 5.63. The first-order valence-corrected chi connectivity index (χ1v) is 16.3. The van der Waals surface area contributed by atoms with Crippen molar-refractivity contribution in [2.45, 2.75) is 77.0 Å². The zero-order valence-corrected chi connectivity index (χ0v) is 26.7. The van der Waals surface area contributed by atoms with E-state index in [-0.39, 0.29) is 0 Å². The molecule has 4 aromatic rings. The number of methoxy groups -OCH3 is 4. The first kappa shape index (κ1) is 30.1. The minimum Gasteiger partial charge on any atom is -0.493 e. The molecule has 44 heavy (non-hydrogen) atoms. The molecule has 2 aliphatic rings. The lowest BCUT2D eigenvalue weighted by atomic mass is 9.92. The molecule has 0 saturated carbocycles. The monoisotopic (exact) mass is 598 g/mol. The Morgan fingerprint density at radius 1 is 0.523 bits per heavy atom. The molecule has 2 aromatic carbocycles. The average molecular weight is 599 g/mol. The number of fused-ring (bicyclic) bond motifs is 4. The van der Waals surface area contributed by atoms with Crippen LogP contribution in [0.15, 0.2) is 24.3 Å². The van der Waals surface area contributed by atoms with Gasteiger partial charge in [-0.05, 0) is 87.5 Å². The summed E-state index contributed by atoms with van der Waals surface area (Å²) in [5.74, 6) is 2.94. The highest BCUT2D eigenvalue weighted by atomic mass is 16.5. The Bertz CT molecular complexity index is 1510. The molecule has 2 N–H and O–H groups in total. The molecule has 0 fully saturated rings. The molecule has 0 spiro atoms. The Morgan fingerprint density at radius 2 is 0.909 bits per heavy atom. The van der Waals surface area contributed by atoms with Gasteiger partial charge in [-0.2, -0.15) is 0 Å². The lowest BCUT2D eigenvalue weighted by Crippen LogP contribution is -2.13. The highest BCUT2D eigenvalue weighted by molar-refractivity contribution is 5.97. The molecule has 0 amide bonds. The van der Waals surface area contributed by atoms with Crippen LogP contribution in [0.25, 0.3) is 21.8 Å². The fraction of sp³-hybridized carbons (Fsp3) is 0.500. The number of anilines is 2. The van der Waals surface area contributed by atoms with Gasteiger partial charge in [0.15, 0.2) is 23.0 Å². The van der Waals surface area contributed by atoms with Crippen molar-refractivity contribution in [3.8, 4) is 23.0 Å². The minimum absolute atomic E-state index is 0.724. The summed E-state index contributed by atoms with van der Waals surface area (Å²) >= 11 is 0. The Labute approximate surface area is 260 Å². The van der Waals surface area contributed by atoms with Crippen LogP contribution in [0.4, 0.5) is 11.4 Å². The molecule has 0 radical (unpaired) electrons. The van der Waals surface area contributed by atoms with Gasteiger partial charge in [-0.15, -0.1) is 0 Å². The summed E-state index contributed by atoms with van der Waals surface area (Å²) in [6, 6.07) is 8.18. The van der Waals surface area contributed by atoms with Gasteiger partial charge in [0.05, 0.1) is 39.5 Å². The lowest BCUT2D eigenvalue weighted by Gasteiger charge is -2.23. The number of hydrogen-bond acceptors (Lipinski definition) is 8. The van der Waals surface area contributed by atoms with Gasteiger partial charge in [0.2, 0.25) is 0 Å². The van der Waals surface area contributed by atoms with Crippen LogP contribution in [-0.2, 0) is 25.7 Å². The third-order valence-electron chi connectivity index (χ3n) is 9.24. The van der Waals surface area contributed by atoms with Gasteiger partial charge in [-0.1, -0.05) is 12.8 Å². The molecule has 0 atom stereocenters. The standard InChI is InChI=1S/C36H46N4O4/c1-41-31-19-25-29(21-33(31)43-3)39-27-15-9-7-13-23(27)35(25)37-17-11-5-6-12-18-38-36-24-14-8-10-16-28(24)40-30-22-34(44-4)32(42-2)20-26(30)36/h19-22H,5-18H2,1-4H3,(H,37,39)(H,38,40). The summed E-state index contributed by atoms with van der Waals surface area (Å²) in [5.41, 5.74) is 9.61. The first-order valence-electron chi connectivity index (χ1n) is 16.3. The third kappa shape index (κ3) is 6.04. The number of unbranched alkanes of at least 4 members (excludes halogenated alkanes) is 3. The summed E-state index contributed by atoms with van der Waals surface area (Å²) in [4.78, 5) is 10.1. The third-order valence-corrected chi connectivity index (χ3v) is 9.24. The van der Waals surface area contributed by atoms with Gasteiger partial charge in [0.25, 0.3) is 0 Å². The predicted molar refractivity (Wildman–Crippen MR) is 178 cm³/mol. The van der Waals surface area contributed by atoms with Crippen LogP contribution in [0.5, 0.6) is 23.0 Å². The van der Waals surface area contributed by atoms with Crippen molar-refractivity contribution < 1.29 is 18.9 Å². The van der Waals surface area contributed by atoms with Crippen molar-refractivity contribution in [2.24, 2.45) is 0 Å². The topological polar surface area (TPSA) is 86.8 Å². The molecule has 8 heteroatoms. The van der Waals surface area contributed by atoms with Crippen LogP contribution in [0.3, 0.4) is 0 Å². The van der Waals surface area contributed by atoms with Crippen molar-refractivity contribution >= 4 is 33.2 Å². The quantitative estimate of drug-likeness (QED) is 0.152. The van der Waals surface area contributed by atoms with Crippen LogP contribution in [0.1, 0.15) is 73.9 Å². The molecule has 0 unspecified atom stereocenters. The highest BCUT2D eigenvalue weighted by Gasteiger charge is 2.21. The van der Waals surface area contributed by atoms with E-state index in [1.807, 2.05) is 12.1 Å². The lowest BCUT2D eigenvalue weighted by molar-refractivity contribution is 0.356. The normalized spacial score (nSPS) is 14.2. The van der Waals surface area contributed by atoms with E-state index >= 15 is 0 Å². The van der Waals surface area contributed by atoms with Gasteiger partial charge in [-0.25, -0.2) is 0 Å². The molecule has 2 aliphatic carbocycles. The van der Waals surface area contributed by atoms with E-state index in [4.69, 9.17) is 28.9 Å². The molecule has 2 heterocycles. The summed E-state index contributed by atoms with van der Waals surface area (Å²) < 4.78 is 22.4. The Hall–Kier alpha value is -3.94. The smallest absolute Gasteiger partial charge is 0.162 e. The van der Waals surface area contributed by atoms with Crippen molar-refractivity contribution in [3.05, 3.63) is 46.8 Å². The van der Waals surface area contributed by atoms with Crippen LogP contribution in [-0.4, -0.2) is 51.5 Å². The van der Waals surface area contributed by atoms with Crippen molar-refractivity contribution in [1.82, 2.24) is 9.97 Å². The number of hydrogen-bond donors (Lipinski definition) is 2. The number of pyridine rings is 2. The maximum absolute atomic E-state index is 5.63. The van der Waals surface area contributed by atoms with E-state index in [2.05, 4.69) is 22.8 Å². The number of rotatable bonds is 13. The fourth-order valence-corrected chi connectivity index (χ4v) is 6.94. The van der Waals surface area contributed by atoms with Crippen molar-refractivity contribution in [2.75, 3.05) is 52.2 Å².